The zero-order valence-electron chi connectivity index (χ0n) is 16.0. The van der Waals surface area contributed by atoms with Crippen molar-refractivity contribution in [3.8, 4) is 0 Å². The van der Waals surface area contributed by atoms with E-state index in [2.05, 4.69) is 21.1 Å². The van der Waals surface area contributed by atoms with E-state index >= 15 is 0 Å². The number of hydrogen-bond acceptors (Lipinski definition) is 10. The predicted molar refractivity (Wildman–Crippen MR) is 113 cm³/mol. The molecule has 0 radical (unpaired) electrons. The van der Waals surface area contributed by atoms with E-state index in [-0.39, 0.29) is 5.71 Å². The molecule has 0 aliphatic heterocycles. The number of aliphatic hydroxyl groups is 6. The third kappa shape index (κ3) is 6.88. The van der Waals surface area contributed by atoms with Gasteiger partial charge in [0.25, 0.3) is 0 Å². The summed E-state index contributed by atoms with van der Waals surface area (Å²) in [5.74, 6) is 0. The van der Waals surface area contributed by atoms with E-state index in [0.717, 1.165) is 6.21 Å². The van der Waals surface area contributed by atoms with Gasteiger partial charge in [0.1, 0.15) is 36.2 Å². The molecule has 162 valence electrons. The molecule has 0 aromatic heterocycles. The van der Waals surface area contributed by atoms with Crippen LogP contribution in [0.25, 0.3) is 0 Å². The Kier molecular flexibility index (Phi) is 9.35. The summed E-state index contributed by atoms with van der Waals surface area (Å²) < 4.78 is 0. The van der Waals surface area contributed by atoms with Gasteiger partial charge in [-0.3, -0.25) is 10.9 Å². The monoisotopic (exact) mass is 418 g/mol. The van der Waals surface area contributed by atoms with Crippen LogP contribution in [-0.4, -0.2) is 79.7 Å². The average molecular weight is 418 g/mol. The second-order valence-corrected chi connectivity index (χ2v) is 6.42. The SMILES string of the molecule is OCC(O)C(O)C(O)C(O)C(O)C(/C=N/Nc1ccccc1)=N/Nc1ccccc1. The van der Waals surface area contributed by atoms with Crippen molar-refractivity contribution in [2.45, 2.75) is 30.5 Å². The molecule has 8 N–H and O–H groups in total. The van der Waals surface area contributed by atoms with Gasteiger partial charge in [0.05, 0.1) is 24.2 Å². The van der Waals surface area contributed by atoms with Gasteiger partial charge in [-0.05, 0) is 24.3 Å². The van der Waals surface area contributed by atoms with Crippen LogP contribution in [0.2, 0.25) is 0 Å². The fraction of sp³-hybridized carbons (Fsp3) is 0.300. The van der Waals surface area contributed by atoms with Gasteiger partial charge in [0.15, 0.2) is 0 Å². The van der Waals surface area contributed by atoms with E-state index in [1.54, 1.807) is 48.5 Å². The van der Waals surface area contributed by atoms with E-state index in [1.807, 2.05) is 12.1 Å². The van der Waals surface area contributed by atoms with Gasteiger partial charge in [-0.15, -0.1) is 0 Å². The molecule has 0 heterocycles. The van der Waals surface area contributed by atoms with Crippen LogP contribution < -0.4 is 10.9 Å². The maximum absolute atomic E-state index is 10.5. The Hall–Kier alpha value is -2.86. The molecule has 0 fully saturated rings. The molecule has 2 aromatic rings. The van der Waals surface area contributed by atoms with Crippen molar-refractivity contribution in [3.63, 3.8) is 0 Å². The van der Waals surface area contributed by atoms with Crippen LogP contribution in [0.15, 0.2) is 70.9 Å². The molecule has 10 nitrogen and oxygen atoms in total. The molecule has 0 saturated heterocycles. The van der Waals surface area contributed by atoms with E-state index in [4.69, 9.17) is 5.11 Å². The highest BCUT2D eigenvalue weighted by molar-refractivity contribution is 6.33. The quantitative estimate of drug-likeness (QED) is 0.176. The maximum Gasteiger partial charge on any atom is 0.128 e. The number of para-hydroxylation sites is 2. The molecule has 5 atom stereocenters. The summed E-state index contributed by atoms with van der Waals surface area (Å²) in [6.07, 6.45) is -8.11. The Labute approximate surface area is 173 Å². The molecule has 0 saturated carbocycles. The largest absolute Gasteiger partial charge is 0.394 e. The highest BCUT2D eigenvalue weighted by atomic mass is 16.4. The Morgan fingerprint density at radius 2 is 1.30 bits per heavy atom. The van der Waals surface area contributed by atoms with E-state index < -0.39 is 37.1 Å². The Balaban J connectivity index is 2.18. The lowest BCUT2D eigenvalue weighted by molar-refractivity contribution is -0.130. The molecule has 5 unspecified atom stereocenters. The molecule has 0 spiro atoms. The number of aliphatic hydroxyl groups excluding tert-OH is 6. The zero-order chi connectivity index (χ0) is 21.9. The summed E-state index contributed by atoms with van der Waals surface area (Å²) >= 11 is 0. The van der Waals surface area contributed by atoms with Gasteiger partial charge in [0, 0.05) is 0 Å². The summed E-state index contributed by atoms with van der Waals surface area (Å²) in [6.45, 7) is -0.833. The molecular weight excluding hydrogens is 392 g/mol. The van der Waals surface area contributed by atoms with Gasteiger partial charge >= 0.3 is 0 Å². The van der Waals surface area contributed by atoms with Crippen LogP contribution in [0.5, 0.6) is 0 Å². The van der Waals surface area contributed by atoms with Crippen molar-refractivity contribution in [2.75, 3.05) is 17.5 Å². The zero-order valence-corrected chi connectivity index (χ0v) is 16.0. The van der Waals surface area contributed by atoms with Gasteiger partial charge in [-0.1, -0.05) is 36.4 Å². The van der Waals surface area contributed by atoms with E-state index in [9.17, 15) is 25.5 Å². The van der Waals surface area contributed by atoms with Crippen LogP contribution >= 0.6 is 0 Å². The second kappa shape index (κ2) is 12.0. The first kappa shape index (κ1) is 23.4. The normalized spacial score (nSPS) is 17.2. The molecule has 0 bridgehead atoms. The second-order valence-electron chi connectivity index (χ2n) is 6.42. The summed E-state index contributed by atoms with van der Waals surface area (Å²) in [6, 6.07) is 17.7. The van der Waals surface area contributed by atoms with E-state index in [1.165, 1.54) is 0 Å². The van der Waals surface area contributed by atoms with Gasteiger partial charge < -0.3 is 30.6 Å². The summed E-state index contributed by atoms with van der Waals surface area (Å²) in [7, 11) is 0. The highest BCUT2D eigenvalue weighted by Crippen LogP contribution is 2.11. The Morgan fingerprint density at radius 3 is 1.83 bits per heavy atom. The smallest absolute Gasteiger partial charge is 0.128 e. The number of benzene rings is 2. The first-order valence-corrected chi connectivity index (χ1v) is 9.18. The lowest BCUT2D eigenvalue weighted by atomic mass is 9.97. The standard InChI is InChI=1S/C20H26N4O6/c25-12-16(26)18(28)20(30)19(29)17(27)15(24-23-14-9-5-2-6-10-14)11-21-22-13-7-3-1-4-8-13/h1-11,16-20,22-23,25-30H,12H2/b21-11+,24-15+. The van der Waals surface area contributed by atoms with Crippen LogP contribution in [0, 0.1) is 0 Å². The van der Waals surface area contributed by atoms with Gasteiger partial charge in [-0.2, -0.15) is 10.2 Å². The number of nitrogens with zero attached hydrogens (tertiary/aromatic N) is 2. The molecule has 2 aromatic carbocycles. The lowest BCUT2D eigenvalue weighted by Crippen LogP contribution is -2.52. The van der Waals surface area contributed by atoms with Crippen LogP contribution in [-0.2, 0) is 0 Å². The van der Waals surface area contributed by atoms with Crippen LogP contribution in [0.4, 0.5) is 11.4 Å². The van der Waals surface area contributed by atoms with Crippen LogP contribution in [0.1, 0.15) is 0 Å². The summed E-state index contributed by atoms with van der Waals surface area (Å²) in [5, 5.41) is 66.9. The Bertz CT molecular complexity index is 805. The summed E-state index contributed by atoms with van der Waals surface area (Å²) in [5.41, 5.74) is 6.52. The molecule has 0 aliphatic rings. The first-order chi connectivity index (χ1) is 14.4. The highest BCUT2D eigenvalue weighted by Gasteiger charge is 2.35. The minimum absolute atomic E-state index is 0.167. The third-order valence-electron chi connectivity index (χ3n) is 4.16. The maximum atomic E-state index is 10.5. The van der Waals surface area contributed by atoms with E-state index in [0.29, 0.717) is 11.4 Å². The van der Waals surface area contributed by atoms with Crippen molar-refractivity contribution in [3.05, 3.63) is 60.7 Å². The predicted octanol–water partition coefficient (Wildman–Crippen LogP) is -0.651. The third-order valence-corrected chi connectivity index (χ3v) is 4.16. The topological polar surface area (TPSA) is 170 Å². The van der Waals surface area contributed by atoms with Crippen molar-refractivity contribution in [1.82, 2.24) is 0 Å². The number of hydrazone groups is 2. The van der Waals surface area contributed by atoms with Gasteiger partial charge in [0.2, 0.25) is 0 Å². The molecule has 0 amide bonds. The fourth-order valence-electron chi connectivity index (χ4n) is 2.40. The Morgan fingerprint density at radius 1 is 0.767 bits per heavy atom. The van der Waals surface area contributed by atoms with Crippen molar-refractivity contribution in [1.29, 1.82) is 0 Å². The molecule has 10 heteroatoms. The molecular formula is C20H26N4O6. The number of anilines is 2. The average Bonchev–Trinajstić information content (AvgIpc) is 2.80. The molecule has 2 rings (SSSR count). The first-order valence-electron chi connectivity index (χ1n) is 9.18. The van der Waals surface area contributed by atoms with Crippen molar-refractivity contribution < 1.29 is 30.6 Å². The lowest BCUT2D eigenvalue weighted by Gasteiger charge is -2.28. The number of hydrogen-bond donors (Lipinski definition) is 8. The van der Waals surface area contributed by atoms with Crippen molar-refractivity contribution in [2.24, 2.45) is 10.2 Å². The fourth-order valence-corrected chi connectivity index (χ4v) is 2.40. The minimum Gasteiger partial charge on any atom is -0.394 e. The van der Waals surface area contributed by atoms with Crippen molar-refractivity contribution >= 4 is 23.3 Å². The minimum atomic E-state index is -1.96. The van der Waals surface area contributed by atoms with Gasteiger partial charge in [-0.25, -0.2) is 0 Å². The summed E-state index contributed by atoms with van der Waals surface area (Å²) in [4.78, 5) is 0. The number of nitrogens with one attached hydrogen (secondary N) is 2. The molecule has 0 aliphatic carbocycles. The van der Waals surface area contributed by atoms with Crippen LogP contribution in [0.3, 0.4) is 0 Å². The molecule has 30 heavy (non-hydrogen) atoms. The number of rotatable bonds is 11.